The molecular formula is C23H24N4O2. The number of amides is 2. The summed E-state index contributed by atoms with van der Waals surface area (Å²) < 4.78 is 1.73. The minimum atomic E-state index is -0.203. The average Bonchev–Trinajstić information content (AvgIpc) is 3.50. The number of nitrogens with one attached hydrogen (secondary N) is 2. The molecule has 1 aromatic heterocycles. The third-order valence-electron chi connectivity index (χ3n) is 5.04. The second-order valence-electron chi connectivity index (χ2n) is 7.31. The second-order valence-corrected chi connectivity index (χ2v) is 7.31. The fraction of sp³-hybridized carbons (Fsp3) is 0.261. The molecular weight excluding hydrogens is 364 g/mol. The van der Waals surface area contributed by atoms with Crippen LogP contribution in [0.2, 0.25) is 0 Å². The molecule has 1 saturated carbocycles. The van der Waals surface area contributed by atoms with Gasteiger partial charge in [-0.1, -0.05) is 42.5 Å². The van der Waals surface area contributed by atoms with E-state index in [2.05, 4.69) is 10.6 Å². The normalized spacial score (nSPS) is 13.1. The van der Waals surface area contributed by atoms with Crippen LogP contribution >= 0.6 is 0 Å². The second kappa shape index (κ2) is 8.31. The van der Waals surface area contributed by atoms with Gasteiger partial charge < -0.3 is 10.6 Å². The molecule has 0 spiro atoms. The largest absolute Gasteiger partial charge is 0.354 e. The van der Waals surface area contributed by atoms with Gasteiger partial charge in [0.2, 0.25) is 5.91 Å². The van der Waals surface area contributed by atoms with Crippen LogP contribution in [0.3, 0.4) is 0 Å². The summed E-state index contributed by atoms with van der Waals surface area (Å²) in [6, 6.07) is 17.6. The summed E-state index contributed by atoms with van der Waals surface area (Å²) in [5.41, 5.74) is 4.02. The number of benzene rings is 2. The zero-order valence-corrected chi connectivity index (χ0v) is 16.4. The van der Waals surface area contributed by atoms with Crippen molar-refractivity contribution >= 4 is 11.8 Å². The first kappa shape index (κ1) is 18.9. The summed E-state index contributed by atoms with van der Waals surface area (Å²) in [5.74, 6) is 0.0466. The van der Waals surface area contributed by atoms with Gasteiger partial charge in [-0.3, -0.25) is 9.59 Å². The van der Waals surface area contributed by atoms with E-state index in [9.17, 15) is 9.59 Å². The van der Waals surface area contributed by atoms with Crippen molar-refractivity contribution in [1.82, 2.24) is 20.4 Å². The van der Waals surface area contributed by atoms with E-state index >= 15 is 0 Å². The molecule has 4 rings (SSSR count). The first-order chi connectivity index (χ1) is 14.1. The molecule has 2 aromatic carbocycles. The van der Waals surface area contributed by atoms with Gasteiger partial charge in [-0.15, -0.1) is 0 Å². The first-order valence-corrected chi connectivity index (χ1v) is 9.90. The predicted octanol–water partition coefficient (Wildman–Crippen LogP) is 3.10. The summed E-state index contributed by atoms with van der Waals surface area (Å²) in [6.07, 6.45) is 3.70. The Kier molecular flexibility index (Phi) is 5.42. The fourth-order valence-electron chi connectivity index (χ4n) is 3.24. The smallest absolute Gasteiger partial charge is 0.255 e. The number of carbonyl (C=O) groups is 2. The van der Waals surface area contributed by atoms with Crippen molar-refractivity contribution in [3.8, 4) is 16.9 Å². The number of rotatable bonds is 7. The van der Waals surface area contributed by atoms with Crippen LogP contribution in [-0.4, -0.2) is 34.7 Å². The molecule has 148 valence electrons. The van der Waals surface area contributed by atoms with Crippen molar-refractivity contribution in [3.05, 3.63) is 71.9 Å². The first-order valence-electron chi connectivity index (χ1n) is 9.90. The Morgan fingerprint density at radius 2 is 1.69 bits per heavy atom. The number of aromatic nitrogens is 2. The van der Waals surface area contributed by atoms with Gasteiger partial charge in [0.25, 0.3) is 5.91 Å². The highest BCUT2D eigenvalue weighted by Crippen LogP contribution is 2.28. The number of hydrogen-bond donors (Lipinski definition) is 2. The molecule has 1 fully saturated rings. The molecule has 0 radical (unpaired) electrons. The van der Waals surface area contributed by atoms with E-state index in [0.29, 0.717) is 24.3 Å². The highest BCUT2D eigenvalue weighted by Gasteiger charge is 2.29. The summed E-state index contributed by atoms with van der Waals surface area (Å²) in [7, 11) is 0. The van der Waals surface area contributed by atoms with E-state index < -0.39 is 0 Å². The molecule has 2 N–H and O–H groups in total. The van der Waals surface area contributed by atoms with Crippen LogP contribution in [-0.2, 0) is 4.79 Å². The molecule has 6 heteroatoms. The van der Waals surface area contributed by atoms with E-state index in [-0.39, 0.29) is 17.7 Å². The summed E-state index contributed by atoms with van der Waals surface area (Å²) in [4.78, 5) is 24.6. The number of nitrogens with zero attached hydrogens (tertiary/aromatic N) is 2. The van der Waals surface area contributed by atoms with E-state index in [4.69, 9.17) is 5.10 Å². The zero-order valence-electron chi connectivity index (χ0n) is 16.4. The SMILES string of the molecule is Cc1ccccc1-c1nn(-c2ccccc2)cc1C(=O)NCCNC(=O)C1CC1. The Balaban J connectivity index is 1.55. The van der Waals surface area contributed by atoms with Gasteiger partial charge in [0.15, 0.2) is 0 Å². The van der Waals surface area contributed by atoms with E-state index in [1.807, 2.05) is 61.5 Å². The topological polar surface area (TPSA) is 76.0 Å². The molecule has 2 amide bonds. The van der Waals surface area contributed by atoms with Crippen LogP contribution in [0, 0.1) is 12.8 Å². The monoisotopic (exact) mass is 388 g/mol. The lowest BCUT2D eigenvalue weighted by Gasteiger charge is -2.08. The van der Waals surface area contributed by atoms with Crippen molar-refractivity contribution in [2.75, 3.05) is 13.1 Å². The van der Waals surface area contributed by atoms with Gasteiger partial charge >= 0.3 is 0 Å². The maximum atomic E-state index is 12.9. The number of para-hydroxylation sites is 1. The number of hydrogen-bond acceptors (Lipinski definition) is 3. The van der Waals surface area contributed by atoms with Crippen molar-refractivity contribution in [1.29, 1.82) is 0 Å². The van der Waals surface area contributed by atoms with Gasteiger partial charge in [0, 0.05) is 30.8 Å². The quantitative estimate of drug-likeness (QED) is 0.611. The van der Waals surface area contributed by atoms with E-state index in [0.717, 1.165) is 29.7 Å². The Morgan fingerprint density at radius 3 is 2.41 bits per heavy atom. The molecule has 1 aliphatic carbocycles. The lowest BCUT2D eigenvalue weighted by Crippen LogP contribution is -2.35. The summed E-state index contributed by atoms with van der Waals surface area (Å²) in [5, 5.41) is 10.5. The van der Waals surface area contributed by atoms with Crippen molar-refractivity contribution in [2.45, 2.75) is 19.8 Å². The minimum absolute atomic E-state index is 0.0803. The average molecular weight is 388 g/mol. The molecule has 0 saturated heterocycles. The van der Waals surface area contributed by atoms with Crippen LogP contribution in [0.1, 0.15) is 28.8 Å². The Hall–Kier alpha value is -3.41. The van der Waals surface area contributed by atoms with Crippen LogP contribution in [0.4, 0.5) is 0 Å². The van der Waals surface area contributed by atoms with Gasteiger partial charge in [-0.25, -0.2) is 4.68 Å². The van der Waals surface area contributed by atoms with Crippen LogP contribution in [0.5, 0.6) is 0 Å². The van der Waals surface area contributed by atoms with Gasteiger partial charge in [-0.2, -0.15) is 5.10 Å². The minimum Gasteiger partial charge on any atom is -0.354 e. The lowest BCUT2D eigenvalue weighted by molar-refractivity contribution is -0.122. The zero-order chi connectivity index (χ0) is 20.2. The van der Waals surface area contributed by atoms with Crippen LogP contribution in [0.25, 0.3) is 16.9 Å². The maximum absolute atomic E-state index is 12.9. The molecule has 0 bridgehead atoms. The van der Waals surface area contributed by atoms with E-state index in [1.54, 1.807) is 10.9 Å². The summed E-state index contributed by atoms with van der Waals surface area (Å²) >= 11 is 0. The molecule has 0 unspecified atom stereocenters. The summed E-state index contributed by atoms with van der Waals surface area (Å²) in [6.45, 7) is 2.81. The van der Waals surface area contributed by atoms with Crippen LogP contribution in [0.15, 0.2) is 60.8 Å². The molecule has 1 heterocycles. The molecule has 29 heavy (non-hydrogen) atoms. The number of aryl methyl sites for hydroxylation is 1. The molecule has 0 aliphatic heterocycles. The van der Waals surface area contributed by atoms with Crippen molar-refractivity contribution in [3.63, 3.8) is 0 Å². The Bertz CT molecular complexity index is 1020. The molecule has 3 aromatic rings. The van der Waals surface area contributed by atoms with Crippen molar-refractivity contribution < 1.29 is 9.59 Å². The van der Waals surface area contributed by atoms with Crippen LogP contribution < -0.4 is 10.6 Å². The Morgan fingerprint density at radius 1 is 1.00 bits per heavy atom. The third kappa shape index (κ3) is 4.37. The van der Waals surface area contributed by atoms with Gasteiger partial charge in [0.1, 0.15) is 5.69 Å². The predicted molar refractivity (Wildman–Crippen MR) is 112 cm³/mol. The van der Waals surface area contributed by atoms with Crippen molar-refractivity contribution in [2.24, 2.45) is 5.92 Å². The maximum Gasteiger partial charge on any atom is 0.255 e. The molecule has 1 aliphatic rings. The highest BCUT2D eigenvalue weighted by atomic mass is 16.2. The van der Waals surface area contributed by atoms with E-state index in [1.165, 1.54) is 0 Å². The van der Waals surface area contributed by atoms with Gasteiger partial charge in [-0.05, 0) is 37.5 Å². The molecule has 0 atom stereocenters. The Labute approximate surface area is 169 Å². The molecule has 6 nitrogen and oxygen atoms in total. The standard InChI is InChI=1S/C23H24N4O2/c1-16-7-5-6-10-19(16)21-20(15-27(26-21)18-8-3-2-4-9-18)23(29)25-14-13-24-22(28)17-11-12-17/h2-10,15,17H,11-14H2,1H3,(H,24,28)(H,25,29). The third-order valence-corrected chi connectivity index (χ3v) is 5.04. The highest BCUT2D eigenvalue weighted by molar-refractivity contribution is 6.00. The van der Waals surface area contributed by atoms with Gasteiger partial charge in [0.05, 0.1) is 11.3 Å². The lowest BCUT2D eigenvalue weighted by atomic mass is 10.0. The number of carbonyl (C=O) groups excluding carboxylic acids is 2. The fourth-order valence-corrected chi connectivity index (χ4v) is 3.24.